The summed E-state index contributed by atoms with van der Waals surface area (Å²) in [7, 11) is 3.75. The zero-order valence-electron chi connectivity index (χ0n) is 15.8. The Hall–Kier alpha value is -0.197. The summed E-state index contributed by atoms with van der Waals surface area (Å²) in [4.78, 5) is 0. The van der Waals surface area contributed by atoms with Crippen LogP contribution in [0.2, 0.25) is 0 Å². The van der Waals surface area contributed by atoms with Crippen LogP contribution in [0.5, 0.6) is 0 Å². The van der Waals surface area contributed by atoms with Gasteiger partial charge in [0, 0.05) is 0 Å². The van der Waals surface area contributed by atoms with Crippen molar-refractivity contribution in [2.75, 3.05) is 14.1 Å². The number of hydrogen-bond acceptors (Lipinski definition) is 1. The van der Waals surface area contributed by atoms with Gasteiger partial charge in [-0.1, -0.05) is 0 Å². The van der Waals surface area contributed by atoms with Gasteiger partial charge in [-0.05, 0) is 14.1 Å². The van der Waals surface area contributed by atoms with Crippen molar-refractivity contribution in [1.29, 1.82) is 0 Å². The molecule has 2 aliphatic rings. The molecule has 0 aromatic rings. The van der Waals surface area contributed by atoms with E-state index in [1.54, 1.807) is 22.3 Å². The van der Waals surface area contributed by atoms with Crippen LogP contribution in [-0.4, -0.2) is 14.1 Å². The molecule has 0 spiro atoms. The van der Waals surface area contributed by atoms with Gasteiger partial charge in [0.05, 0.1) is 0 Å². The molecule has 0 heterocycles. The van der Waals surface area contributed by atoms with Gasteiger partial charge in [-0.15, -0.1) is 0 Å². The van der Waals surface area contributed by atoms with Crippen molar-refractivity contribution in [2.45, 2.75) is 60.8 Å². The summed E-state index contributed by atoms with van der Waals surface area (Å²) in [6.45, 7) is 14.2. The normalized spacial score (nSPS) is 19.8. The smallest absolute Gasteiger partial charge is 0.0167 e. The van der Waals surface area contributed by atoms with E-state index >= 15 is 0 Å². The van der Waals surface area contributed by atoms with Gasteiger partial charge in [-0.2, -0.15) is 0 Å². The fraction of sp³-hybridized carbons (Fsp3) is 0.600. The average Bonchev–Trinajstić information content (AvgIpc) is 2.95. The van der Waals surface area contributed by atoms with Gasteiger partial charge < -0.3 is 5.32 Å². The van der Waals surface area contributed by atoms with Crippen molar-refractivity contribution >= 4 is 0 Å². The first-order valence-electron chi connectivity index (χ1n) is 8.44. The van der Waals surface area contributed by atoms with E-state index in [9.17, 15) is 0 Å². The van der Waals surface area contributed by atoms with E-state index in [0.29, 0.717) is 5.41 Å². The average molecular weight is 379 g/mol. The maximum absolute atomic E-state index is 2.75. The molecule has 0 fully saturated rings. The quantitative estimate of drug-likeness (QED) is 0.674. The molecule has 0 saturated heterocycles. The van der Waals surface area contributed by atoms with Crippen molar-refractivity contribution < 1.29 is 23.2 Å². The van der Waals surface area contributed by atoms with Gasteiger partial charge in [0.1, 0.15) is 0 Å². The summed E-state index contributed by atoms with van der Waals surface area (Å²) >= 11 is -0.586. The summed E-state index contributed by atoms with van der Waals surface area (Å²) < 4.78 is 3.65. The van der Waals surface area contributed by atoms with Crippen LogP contribution < -0.4 is 5.32 Å². The molecule has 0 amide bonds. The van der Waals surface area contributed by atoms with Crippen molar-refractivity contribution in [3.05, 3.63) is 41.0 Å². The topological polar surface area (TPSA) is 12.0 Å². The van der Waals surface area contributed by atoms with E-state index in [2.05, 4.69) is 59.0 Å². The zero-order chi connectivity index (χ0) is 16.9. The molecular formula is C20H33NZr. The largest absolute Gasteiger partial charge is 0.323 e. The molecule has 22 heavy (non-hydrogen) atoms. The fourth-order valence-electron chi connectivity index (χ4n) is 3.18. The van der Waals surface area contributed by atoms with Crippen LogP contribution in [0.15, 0.2) is 41.0 Å². The summed E-state index contributed by atoms with van der Waals surface area (Å²) in [5, 5.41) is 2.75. The molecule has 0 aromatic heterocycles. The van der Waals surface area contributed by atoms with Gasteiger partial charge >= 0.3 is 130 Å². The van der Waals surface area contributed by atoms with E-state index in [0.717, 1.165) is 0 Å². The predicted octanol–water partition coefficient (Wildman–Crippen LogP) is 5.57. The van der Waals surface area contributed by atoms with E-state index < -0.39 is 23.2 Å². The van der Waals surface area contributed by atoms with Crippen LogP contribution in [0.25, 0.3) is 0 Å². The molecule has 0 atom stereocenters. The maximum Gasteiger partial charge on any atom is -0.0167 e. The molecule has 0 radical (unpaired) electrons. The second kappa shape index (κ2) is 8.60. The Kier molecular flexibility index (Phi) is 7.76. The summed E-state index contributed by atoms with van der Waals surface area (Å²) in [6, 6.07) is 0. The van der Waals surface area contributed by atoms with Crippen LogP contribution in [-0.2, 0) is 23.2 Å². The molecule has 0 saturated carbocycles. The monoisotopic (exact) mass is 377 g/mol. The molecular weight excluding hydrogens is 345 g/mol. The molecule has 2 aliphatic carbocycles. The van der Waals surface area contributed by atoms with E-state index in [1.807, 2.05) is 20.7 Å². The first-order chi connectivity index (χ1) is 10.3. The van der Waals surface area contributed by atoms with Crippen LogP contribution in [0, 0.1) is 5.41 Å². The second-order valence-electron chi connectivity index (χ2n) is 6.86. The molecule has 0 unspecified atom stereocenters. The van der Waals surface area contributed by atoms with Crippen LogP contribution in [0.4, 0.5) is 0 Å². The Balaban J connectivity index is 0.000000745. The summed E-state index contributed by atoms with van der Waals surface area (Å²) in [5.74, 6) is 0. The molecule has 2 rings (SSSR count). The molecule has 2 heteroatoms. The van der Waals surface area contributed by atoms with Gasteiger partial charge in [-0.3, -0.25) is 0 Å². The Morgan fingerprint density at radius 3 is 2.18 bits per heavy atom. The van der Waals surface area contributed by atoms with Gasteiger partial charge in [-0.25, -0.2) is 0 Å². The first kappa shape index (κ1) is 19.8. The Morgan fingerprint density at radius 1 is 1.14 bits per heavy atom. The third-order valence-corrected chi connectivity index (χ3v) is 9.99. The molecule has 0 bridgehead atoms. The minimum Gasteiger partial charge on any atom is -0.323 e. The molecule has 122 valence electrons. The summed E-state index contributed by atoms with van der Waals surface area (Å²) in [5.41, 5.74) is 6.78. The third kappa shape index (κ3) is 4.21. The van der Waals surface area contributed by atoms with Crippen LogP contribution in [0.1, 0.15) is 60.8 Å². The van der Waals surface area contributed by atoms with E-state index in [-0.39, 0.29) is 0 Å². The Morgan fingerprint density at radius 2 is 1.73 bits per heavy atom. The molecule has 0 aromatic carbocycles. The van der Waals surface area contributed by atoms with Crippen molar-refractivity contribution in [1.82, 2.24) is 5.32 Å². The van der Waals surface area contributed by atoms with E-state index in [4.69, 9.17) is 0 Å². The second-order valence-corrected chi connectivity index (χ2v) is 10.2. The van der Waals surface area contributed by atoms with Crippen molar-refractivity contribution in [2.24, 2.45) is 5.41 Å². The molecule has 0 aliphatic heterocycles. The fourth-order valence-corrected chi connectivity index (χ4v) is 7.52. The Labute approximate surface area is 149 Å². The summed E-state index contributed by atoms with van der Waals surface area (Å²) in [6.07, 6.45) is 8.58. The standard InChI is InChI=1S/C10H15.C8H11.C2H7N.Zr/c1-7-6-10(4,5)9(3)8(7)2;1-2-5-8-6-3-4-7-8;1-3-2;/h1-5H3;3,6H,2,4-5H2,1H3;3H,1-2H3;. The number of nitrogens with one attached hydrogen (secondary N) is 1. The van der Waals surface area contributed by atoms with Crippen LogP contribution in [0.3, 0.4) is 0 Å². The van der Waals surface area contributed by atoms with Crippen molar-refractivity contribution in [3.8, 4) is 0 Å². The van der Waals surface area contributed by atoms with Crippen molar-refractivity contribution in [3.63, 3.8) is 0 Å². The predicted molar refractivity (Wildman–Crippen MR) is 95.5 cm³/mol. The third-order valence-electron chi connectivity index (χ3n) is 4.89. The molecule has 1 nitrogen and oxygen atoms in total. The first-order valence-corrected chi connectivity index (χ1v) is 10.9. The van der Waals surface area contributed by atoms with Gasteiger partial charge in [0.25, 0.3) is 0 Å². The number of rotatable bonds is 4. The minimum atomic E-state index is -0.586. The van der Waals surface area contributed by atoms with Crippen LogP contribution >= 0.6 is 0 Å². The Bertz CT molecular complexity index is 530. The number of allylic oxidation sites excluding steroid dienone is 8. The van der Waals surface area contributed by atoms with Gasteiger partial charge in [0.2, 0.25) is 0 Å². The zero-order valence-corrected chi connectivity index (χ0v) is 18.2. The number of hydrogen-bond donors (Lipinski definition) is 1. The van der Waals surface area contributed by atoms with E-state index in [1.165, 1.54) is 19.3 Å². The molecule has 1 N–H and O–H groups in total. The maximum atomic E-state index is 2.75. The van der Waals surface area contributed by atoms with Gasteiger partial charge in [0.15, 0.2) is 0 Å². The minimum absolute atomic E-state index is 0.327. The SMILES string of the molecule is CCCC1=[C]([Zr][C]2=C(C)C(C)=C(C)C2(C)C)CC=C1.CNC.